The van der Waals surface area contributed by atoms with Crippen LogP contribution in [-0.4, -0.2) is 27.8 Å². The number of carbonyl (C=O) groups is 2. The van der Waals surface area contributed by atoms with Crippen molar-refractivity contribution in [3.05, 3.63) is 88.3 Å². The van der Waals surface area contributed by atoms with E-state index in [1.54, 1.807) is 23.6 Å². The van der Waals surface area contributed by atoms with Gasteiger partial charge < -0.3 is 14.6 Å². The first kappa shape index (κ1) is 26.5. The van der Waals surface area contributed by atoms with Crippen LogP contribution in [0.4, 0.5) is 17.6 Å². The maximum absolute atomic E-state index is 13.5. The number of amides is 1. The molecule has 0 saturated heterocycles. The molecule has 0 bridgehead atoms. The second-order valence-corrected chi connectivity index (χ2v) is 9.05. The van der Waals surface area contributed by atoms with E-state index in [-0.39, 0.29) is 48.1 Å². The van der Waals surface area contributed by atoms with Gasteiger partial charge in [-0.3, -0.25) is 14.6 Å². The molecule has 1 N–H and O–H groups in total. The normalized spacial score (nSPS) is 15.1. The number of nitrogens with zero attached hydrogens (tertiary/aromatic N) is 2. The number of benzene rings is 1. The molecular weight excluding hydrogens is 490 g/mol. The van der Waals surface area contributed by atoms with Crippen molar-refractivity contribution >= 4 is 11.7 Å². The zero-order chi connectivity index (χ0) is 26.7. The molecule has 1 amide bonds. The monoisotopic (exact) mass is 517 g/mol. The summed E-state index contributed by atoms with van der Waals surface area (Å²) in [6.45, 7) is 4.36. The number of carbonyl (C=O) groups excluding carboxylic acids is 2. The zero-order valence-electron chi connectivity index (χ0n) is 20.4. The van der Waals surface area contributed by atoms with E-state index in [4.69, 9.17) is 4.74 Å². The minimum absolute atomic E-state index is 0.0982. The van der Waals surface area contributed by atoms with E-state index < -0.39 is 23.8 Å². The maximum Gasteiger partial charge on any atom is 0.433 e. The Bertz CT molecular complexity index is 1290. The van der Waals surface area contributed by atoms with E-state index in [1.807, 2.05) is 6.92 Å². The van der Waals surface area contributed by atoms with Crippen molar-refractivity contribution in [1.82, 2.24) is 14.9 Å². The molecule has 0 spiro atoms. The molecule has 1 aliphatic rings. The molecule has 6 nitrogen and oxygen atoms in total. The molecule has 0 saturated carbocycles. The van der Waals surface area contributed by atoms with Gasteiger partial charge in [-0.15, -0.1) is 0 Å². The average Bonchev–Trinajstić information content (AvgIpc) is 3.27. The lowest BCUT2D eigenvalue weighted by Gasteiger charge is -2.22. The molecular formula is C27H27F4N3O3. The van der Waals surface area contributed by atoms with Crippen molar-refractivity contribution in [3.63, 3.8) is 0 Å². The Balaban J connectivity index is 1.60. The number of pyridine rings is 1. The smallest absolute Gasteiger partial charge is 0.373 e. The van der Waals surface area contributed by atoms with E-state index in [0.29, 0.717) is 24.5 Å². The topological polar surface area (TPSA) is 73.2 Å². The second-order valence-electron chi connectivity index (χ2n) is 9.05. The number of ketones is 1. The summed E-state index contributed by atoms with van der Waals surface area (Å²) in [4.78, 5) is 30.0. The highest BCUT2D eigenvalue weighted by atomic mass is 19.4. The van der Waals surface area contributed by atoms with Gasteiger partial charge in [0.1, 0.15) is 11.5 Å². The Labute approximate surface area is 211 Å². The fourth-order valence-electron chi connectivity index (χ4n) is 4.62. The molecule has 3 aromatic rings. The Kier molecular flexibility index (Phi) is 7.77. The first-order valence-electron chi connectivity index (χ1n) is 12.0. The number of halogens is 4. The van der Waals surface area contributed by atoms with Crippen LogP contribution < -0.4 is 5.32 Å². The summed E-state index contributed by atoms with van der Waals surface area (Å²) >= 11 is 0. The molecule has 196 valence electrons. The van der Waals surface area contributed by atoms with Crippen LogP contribution in [0.1, 0.15) is 82.0 Å². The molecule has 0 aliphatic carbocycles. The summed E-state index contributed by atoms with van der Waals surface area (Å²) in [5, 5.41) is 2.69. The Morgan fingerprint density at radius 3 is 2.59 bits per heavy atom. The number of rotatable bonds is 8. The predicted molar refractivity (Wildman–Crippen MR) is 128 cm³/mol. The fraction of sp³-hybridized carbons (Fsp3) is 0.370. The molecule has 10 heteroatoms. The van der Waals surface area contributed by atoms with Gasteiger partial charge in [-0.1, -0.05) is 32.0 Å². The van der Waals surface area contributed by atoms with Gasteiger partial charge in [-0.05, 0) is 42.2 Å². The highest BCUT2D eigenvalue weighted by Crippen LogP contribution is 2.34. The molecule has 3 heterocycles. The van der Waals surface area contributed by atoms with Crippen molar-refractivity contribution in [2.24, 2.45) is 0 Å². The quantitative estimate of drug-likeness (QED) is 0.302. The van der Waals surface area contributed by atoms with Crippen LogP contribution in [0.15, 0.2) is 48.7 Å². The van der Waals surface area contributed by atoms with Crippen molar-refractivity contribution in [3.8, 4) is 0 Å². The summed E-state index contributed by atoms with van der Waals surface area (Å²) in [5.74, 6) is -1.34. The first-order chi connectivity index (χ1) is 17.6. The van der Waals surface area contributed by atoms with Gasteiger partial charge >= 0.3 is 6.18 Å². The fourth-order valence-corrected chi connectivity index (χ4v) is 4.62. The minimum Gasteiger partial charge on any atom is -0.373 e. The standard InChI is InChI=1S/C27H27F4N3O3/c1-3-21(19-5-4-10-32-25(19)27(29,30)31)33-26(36)20-14-22(34-11-12-37-15-23(20)34)24(35)13-16(2)17-6-8-18(28)9-7-17/h4-10,14,16,21H,3,11-13,15H2,1-2H3,(H,33,36)/t16-,21+/m0/s1. The van der Waals surface area contributed by atoms with Crippen molar-refractivity contribution in [2.75, 3.05) is 6.61 Å². The Hall–Kier alpha value is -3.53. The average molecular weight is 518 g/mol. The summed E-state index contributed by atoms with van der Waals surface area (Å²) in [6.07, 6.45) is -3.26. The minimum atomic E-state index is -4.67. The third kappa shape index (κ3) is 5.74. The SMILES string of the molecule is CC[C@@H](NC(=O)c1cc(C(=O)C[C@H](C)c2ccc(F)cc2)n2c1COCC2)c1cccnc1C(F)(F)F. The molecule has 1 aromatic carbocycles. The van der Waals surface area contributed by atoms with Crippen LogP contribution in [0.5, 0.6) is 0 Å². The molecule has 37 heavy (non-hydrogen) atoms. The molecule has 0 fully saturated rings. The second kappa shape index (κ2) is 10.8. The number of nitrogens with one attached hydrogen (secondary N) is 1. The van der Waals surface area contributed by atoms with E-state index in [9.17, 15) is 27.2 Å². The van der Waals surface area contributed by atoms with Gasteiger partial charge in [0, 0.05) is 24.7 Å². The first-order valence-corrected chi connectivity index (χ1v) is 12.0. The van der Waals surface area contributed by atoms with Crippen LogP contribution >= 0.6 is 0 Å². The van der Waals surface area contributed by atoms with Gasteiger partial charge in [0.15, 0.2) is 5.78 Å². The summed E-state index contributed by atoms with van der Waals surface area (Å²) in [7, 11) is 0. The van der Waals surface area contributed by atoms with Gasteiger partial charge in [0.05, 0.1) is 36.2 Å². The molecule has 2 aromatic heterocycles. The molecule has 4 rings (SSSR count). The number of Topliss-reactive ketones (excluding diaryl/α,β-unsaturated/α-hetero) is 1. The number of aromatic nitrogens is 2. The van der Waals surface area contributed by atoms with Crippen LogP contribution in [0.3, 0.4) is 0 Å². The van der Waals surface area contributed by atoms with E-state index in [2.05, 4.69) is 10.3 Å². The maximum atomic E-state index is 13.5. The summed E-state index contributed by atoms with van der Waals surface area (Å²) in [5.41, 5.74) is 0.661. The Morgan fingerprint density at radius 2 is 1.92 bits per heavy atom. The van der Waals surface area contributed by atoms with Crippen LogP contribution in [-0.2, 0) is 24.1 Å². The van der Waals surface area contributed by atoms with E-state index in [1.165, 1.54) is 30.3 Å². The lowest BCUT2D eigenvalue weighted by atomic mass is 9.94. The Morgan fingerprint density at radius 1 is 1.19 bits per heavy atom. The summed E-state index contributed by atoms with van der Waals surface area (Å²) in [6, 6.07) is 9.19. The zero-order valence-corrected chi connectivity index (χ0v) is 20.4. The number of alkyl halides is 3. The third-order valence-corrected chi connectivity index (χ3v) is 6.56. The highest BCUT2D eigenvalue weighted by molar-refractivity contribution is 6.01. The van der Waals surface area contributed by atoms with Crippen molar-refractivity contribution in [1.29, 1.82) is 0 Å². The molecule has 1 aliphatic heterocycles. The van der Waals surface area contributed by atoms with Crippen LogP contribution in [0, 0.1) is 5.82 Å². The van der Waals surface area contributed by atoms with Crippen molar-refractivity contribution in [2.45, 2.75) is 58.0 Å². The van der Waals surface area contributed by atoms with Gasteiger partial charge in [-0.2, -0.15) is 13.2 Å². The van der Waals surface area contributed by atoms with Gasteiger partial charge in [-0.25, -0.2) is 4.39 Å². The molecule has 0 unspecified atom stereocenters. The number of hydrogen-bond acceptors (Lipinski definition) is 4. The summed E-state index contributed by atoms with van der Waals surface area (Å²) < 4.78 is 61.1. The van der Waals surface area contributed by atoms with Gasteiger partial charge in [0.2, 0.25) is 0 Å². The van der Waals surface area contributed by atoms with Crippen molar-refractivity contribution < 1.29 is 31.9 Å². The van der Waals surface area contributed by atoms with E-state index in [0.717, 1.165) is 11.8 Å². The van der Waals surface area contributed by atoms with Gasteiger partial charge in [0.25, 0.3) is 5.91 Å². The highest BCUT2D eigenvalue weighted by Gasteiger charge is 2.37. The number of hydrogen-bond donors (Lipinski definition) is 1. The lowest BCUT2D eigenvalue weighted by molar-refractivity contribution is -0.142. The van der Waals surface area contributed by atoms with Crippen LogP contribution in [0.2, 0.25) is 0 Å². The number of ether oxygens (including phenoxy) is 1. The molecule has 2 atom stereocenters. The third-order valence-electron chi connectivity index (χ3n) is 6.56. The lowest BCUT2D eigenvalue weighted by Crippen LogP contribution is -2.31. The molecule has 0 radical (unpaired) electrons. The largest absolute Gasteiger partial charge is 0.433 e. The van der Waals surface area contributed by atoms with Crippen LogP contribution in [0.25, 0.3) is 0 Å². The number of fused-ring (bicyclic) bond motifs is 1. The predicted octanol–water partition coefficient (Wildman–Crippen LogP) is 5.83. The van der Waals surface area contributed by atoms with E-state index >= 15 is 0 Å².